The van der Waals surface area contributed by atoms with E-state index in [9.17, 15) is 13.2 Å². The van der Waals surface area contributed by atoms with E-state index in [0.29, 0.717) is 25.9 Å². The van der Waals surface area contributed by atoms with Crippen LogP contribution in [-0.2, 0) is 21.9 Å². The van der Waals surface area contributed by atoms with Gasteiger partial charge in [-0.25, -0.2) is 12.7 Å². The van der Waals surface area contributed by atoms with E-state index < -0.39 is 10.0 Å². The monoisotopic (exact) mass is 342 g/mol. The summed E-state index contributed by atoms with van der Waals surface area (Å²) in [5.41, 5.74) is 2.04. The van der Waals surface area contributed by atoms with Gasteiger partial charge in [-0.15, -0.1) is 0 Å². The maximum atomic E-state index is 12.4. The summed E-state index contributed by atoms with van der Waals surface area (Å²) in [6.07, 6.45) is 2.92. The highest BCUT2D eigenvalue weighted by atomic mass is 32.2. The van der Waals surface area contributed by atoms with Gasteiger partial charge in [-0.3, -0.25) is 9.48 Å². The minimum atomic E-state index is -3.15. The van der Waals surface area contributed by atoms with E-state index in [0.717, 1.165) is 11.3 Å². The first kappa shape index (κ1) is 17.9. The van der Waals surface area contributed by atoms with Gasteiger partial charge in [0.05, 0.1) is 18.0 Å². The zero-order valence-corrected chi connectivity index (χ0v) is 15.1. The number of nitrogens with zero attached hydrogens (tertiary/aromatic N) is 3. The van der Waals surface area contributed by atoms with Crippen LogP contribution in [0.3, 0.4) is 0 Å². The summed E-state index contributed by atoms with van der Waals surface area (Å²) in [6.45, 7) is 6.41. The molecule has 0 aromatic carbocycles. The van der Waals surface area contributed by atoms with Crippen LogP contribution >= 0.6 is 0 Å². The average molecular weight is 342 g/mol. The van der Waals surface area contributed by atoms with Crippen molar-refractivity contribution in [1.29, 1.82) is 0 Å². The number of sulfonamides is 1. The number of amides is 1. The summed E-state index contributed by atoms with van der Waals surface area (Å²) >= 11 is 0. The third kappa shape index (κ3) is 3.92. The van der Waals surface area contributed by atoms with Crippen molar-refractivity contribution in [3.05, 3.63) is 17.5 Å². The van der Waals surface area contributed by atoms with Gasteiger partial charge in [0.15, 0.2) is 0 Å². The van der Waals surface area contributed by atoms with Crippen molar-refractivity contribution in [2.24, 2.45) is 13.0 Å². The lowest BCUT2D eigenvalue weighted by atomic mass is 9.96. The molecule has 1 amide bonds. The van der Waals surface area contributed by atoms with Gasteiger partial charge in [0.1, 0.15) is 0 Å². The Morgan fingerprint density at radius 2 is 2.04 bits per heavy atom. The van der Waals surface area contributed by atoms with Gasteiger partial charge >= 0.3 is 0 Å². The summed E-state index contributed by atoms with van der Waals surface area (Å²) in [7, 11) is -1.28. The predicted octanol–water partition coefficient (Wildman–Crippen LogP) is 0.967. The van der Waals surface area contributed by atoms with E-state index in [1.165, 1.54) is 4.31 Å². The number of hydrogen-bond donors (Lipinski definition) is 1. The molecule has 1 saturated heterocycles. The number of rotatable bonds is 5. The minimum Gasteiger partial charge on any atom is -0.349 e. The maximum absolute atomic E-state index is 12.4. The van der Waals surface area contributed by atoms with E-state index in [1.54, 1.807) is 17.8 Å². The molecule has 0 saturated carbocycles. The van der Waals surface area contributed by atoms with Gasteiger partial charge in [-0.1, -0.05) is 0 Å². The quantitative estimate of drug-likeness (QED) is 0.864. The van der Waals surface area contributed by atoms with Gasteiger partial charge in [0.25, 0.3) is 0 Å². The Morgan fingerprint density at radius 3 is 2.52 bits per heavy atom. The molecule has 0 unspecified atom stereocenters. The molecule has 7 nitrogen and oxygen atoms in total. The molecule has 0 spiro atoms. The number of nitrogens with one attached hydrogen (secondary N) is 1. The second-order valence-electron chi connectivity index (χ2n) is 6.11. The molecule has 1 atom stereocenters. The number of aromatic nitrogens is 2. The van der Waals surface area contributed by atoms with Crippen LogP contribution in [0.15, 0.2) is 6.20 Å². The van der Waals surface area contributed by atoms with Gasteiger partial charge in [-0.2, -0.15) is 5.10 Å². The molecule has 1 aromatic heterocycles. The van der Waals surface area contributed by atoms with Crippen molar-refractivity contribution < 1.29 is 13.2 Å². The molecule has 0 radical (unpaired) electrons. The fraction of sp³-hybridized carbons (Fsp3) is 0.733. The van der Waals surface area contributed by atoms with Crippen LogP contribution in [0.1, 0.15) is 44.0 Å². The lowest BCUT2D eigenvalue weighted by Crippen LogP contribution is -2.43. The SMILES string of the molecule is CCS(=O)(=O)N1CCC(C(=O)N[C@@H](C)c2cnn(C)c2C)CC1. The summed E-state index contributed by atoms with van der Waals surface area (Å²) in [6, 6.07) is -0.103. The molecule has 0 aliphatic carbocycles. The van der Waals surface area contributed by atoms with Crippen LogP contribution in [0.5, 0.6) is 0 Å². The Labute approximate surface area is 138 Å². The summed E-state index contributed by atoms with van der Waals surface area (Å²) in [5.74, 6) is -0.0201. The number of carbonyl (C=O) groups excluding carboxylic acids is 1. The van der Waals surface area contributed by atoms with Gasteiger partial charge in [0.2, 0.25) is 15.9 Å². The third-order valence-electron chi connectivity index (χ3n) is 4.68. The van der Waals surface area contributed by atoms with Crippen LogP contribution in [0.25, 0.3) is 0 Å². The van der Waals surface area contributed by atoms with Crippen molar-refractivity contribution in [2.45, 2.75) is 39.7 Å². The molecule has 23 heavy (non-hydrogen) atoms. The first-order chi connectivity index (χ1) is 10.8. The fourth-order valence-corrected chi connectivity index (χ4v) is 4.06. The summed E-state index contributed by atoms with van der Waals surface area (Å²) in [5, 5.41) is 7.22. The topological polar surface area (TPSA) is 84.3 Å². The van der Waals surface area contributed by atoms with E-state index >= 15 is 0 Å². The van der Waals surface area contributed by atoms with E-state index in [1.807, 2.05) is 20.9 Å². The Balaban J connectivity index is 1.92. The van der Waals surface area contributed by atoms with E-state index in [2.05, 4.69) is 10.4 Å². The highest BCUT2D eigenvalue weighted by Gasteiger charge is 2.30. The number of aryl methyl sites for hydroxylation is 1. The molecular formula is C15H26N4O3S. The standard InChI is InChI=1S/C15H26N4O3S/c1-5-23(21,22)19-8-6-13(7-9-19)15(20)17-11(2)14-10-16-18(4)12(14)3/h10-11,13H,5-9H2,1-4H3,(H,17,20)/t11-/m0/s1. The average Bonchev–Trinajstić information content (AvgIpc) is 2.87. The zero-order valence-electron chi connectivity index (χ0n) is 14.2. The molecule has 0 bridgehead atoms. The van der Waals surface area contributed by atoms with Crippen LogP contribution in [0, 0.1) is 12.8 Å². The van der Waals surface area contributed by atoms with Crippen molar-refractivity contribution in [1.82, 2.24) is 19.4 Å². The molecular weight excluding hydrogens is 316 g/mol. The molecule has 1 fully saturated rings. The van der Waals surface area contributed by atoms with Gasteiger partial charge < -0.3 is 5.32 Å². The van der Waals surface area contributed by atoms with Gasteiger partial charge in [0, 0.05) is 37.3 Å². The second kappa shape index (κ2) is 7.00. The lowest BCUT2D eigenvalue weighted by Gasteiger charge is -2.30. The van der Waals surface area contributed by atoms with Crippen LogP contribution in [0.2, 0.25) is 0 Å². The van der Waals surface area contributed by atoms with E-state index in [-0.39, 0.29) is 23.6 Å². The highest BCUT2D eigenvalue weighted by Crippen LogP contribution is 2.22. The molecule has 1 N–H and O–H groups in total. The van der Waals surface area contributed by atoms with Crippen LogP contribution in [0.4, 0.5) is 0 Å². The molecule has 1 aliphatic heterocycles. The van der Waals surface area contributed by atoms with Gasteiger partial charge in [-0.05, 0) is 33.6 Å². The first-order valence-corrected chi connectivity index (χ1v) is 9.64. The molecule has 8 heteroatoms. The van der Waals surface area contributed by atoms with E-state index in [4.69, 9.17) is 0 Å². The van der Waals surface area contributed by atoms with Crippen molar-refractivity contribution in [3.8, 4) is 0 Å². The molecule has 1 aromatic rings. The van der Waals surface area contributed by atoms with Crippen molar-refractivity contribution in [3.63, 3.8) is 0 Å². The lowest BCUT2D eigenvalue weighted by molar-refractivity contribution is -0.126. The zero-order chi connectivity index (χ0) is 17.2. The Hall–Kier alpha value is -1.41. The smallest absolute Gasteiger partial charge is 0.223 e. The molecule has 2 rings (SSSR count). The minimum absolute atomic E-state index is 0.00528. The normalized spacial score (nSPS) is 18.8. The number of piperidine rings is 1. The number of hydrogen-bond acceptors (Lipinski definition) is 4. The largest absolute Gasteiger partial charge is 0.349 e. The summed E-state index contributed by atoms with van der Waals surface area (Å²) in [4.78, 5) is 12.4. The first-order valence-electron chi connectivity index (χ1n) is 8.03. The van der Waals surface area contributed by atoms with Crippen LogP contribution in [-0.4, -0.2) is 47.3 Å². The number of carbonyl (C=O) groups is 1. The maximum Gasteiger partial charge on any atom is 0.223 e. The van der Waals surface area contributed by atoms with Crippen LogP contribution < -0.4 is 5.32 Å². The van der Waals surface area contributed by atoms with Crippen molar-refractivity contribution in [2.75, 3.05) is 18.8 Å². The Bertz CT molecular complexity index is 660. The highest BCUT2D eigenvalue weighted by molar-refractivity contribution is 7.89. The molecule has 1 aliphatic rings. The Morgan fingerprint density at radius 1 is 1.43 bits per heavy atom. The predicted molar refractivity (Wildman–Crippen MR) is 88.3 cm³/mol. The second-order valence-corrected chi connectivity index (χ2v) is 8.37. The molecule has 130 valence electrons. The fourth-order valence-electron chi connectivity index (χ4n) is 2.93. The molecule has 2 heterocycles. The Kier molecular flexibility index (Phi) is 5.46. The van der Waals surface area contributed by atoms with Crippen molar-refractivity contribution >= 4 is 15.9 Å². The third-order valence-corrected chi connectivity index (χ3v) is 6.56. The summed E-state index contributed by atoms with van der Waals surface area (Å²) < 4.78 is 27.0.